The minimum absolute atomic E-state index is 0.0366. The van der Waals surface area contributed by atoms with Gasteiger partial charge in [-0.25, -0.2) is 8.42 Å². The van der Waals surface area contributed by atoms with Crippen LogP contribution in [0.3, 0.4) is 0 Å². The first-order valence-corrected chi connectivity index (χ1v) is 8.05. The number of rotatable bonds is 6. The fraction of sp³-hybridized carbons (Fsp3) is 0.636. The van der Waals surface area contributed by atoms with E-state index in [4.69, 9.17) is 5.73 Å². The quantitative estimate of drug-likeness (QED) is 0.864. The summed E-state index contributed by atoms with van der Waals surface area (Å²) in [6, 6.07) is 1.61. The number of hydrogen-bond donors (Lipinski definition) is 1. The van der Waals surface area contributed by atoms with E-state index in [1.807, 2.05) is 20.8 Å². The monoisotopic (exact) mass is 276 g/mol. The molecule has 1 aromatic rings. The minimum Gasteiger partial charge on any atom is -0.326 e. The third-order valence-corrected chi connectivity index (χ3v) is 5.73. The molecule has 1 heterocycles. The van der Waals surface area contributed by atoms with Gasteiger partial charge in [0.25, 0.3) is 0 Å². The molecule has 6 heteroatoms. The fourth-order valence-corrected chi connectivity index (χ4v) is 4.75. The maximum Gasteiger partial charge on any atom is 0.244 e. The minimum atomic E-state index is -3.40. The molecule has 0 aliphatic heterocycles. The lowest BCUT2D eigenvalue weighted by atomic mass is 10.4. The lowest BCUT2D eigenvalue weighted by Crippen LogP contribution is -2.37. The molecule has 0 aliphatic rings. The van der Waals surface area contributed by atoms with Crippen LogP contribution in [0.5, 0.6) is 0 Å². The van der Waals surface area contributed by atoms with E-state index in [0.717, 1.165) is 11.3 Å². The van der Waals surface area contributed by atoms with Crippen molar-refractivity contribution in [2.45, 2.75) is 44.7 Å². The molecule has 0 fully saturated rings. The van der Waals surface area contributed by atoms with Gasteiger partial charge in [-0.1, -0.05) is 6.92 Å². The summed E-state index contributed by atoms with van der Waals surface area (Å²) in [6.45, 7) is 6.57. The van der Waals surface area contributed by atoms with E-state index in [1.54, 1.807) is 11.4 Å². The lowest BCUT2D eigenvalue weighted by molar-refractivity contribution is 0.354. The van der Waals surface area contributed by atoms with Crippen molar-refractivity contribution < 1.29 is 8.42 Å². The van der Waals surface area contributed by atoms with E-state index in [-0.39, 0.29) is 12.6 Å². The van der Waals surface area contributed by atoms with Gasteiger partial charge in [0.15, 0.2) is 0 Å². The highest BCUT2D eigenvalue weighted by molar-refractivity contribution is 7.89. The van der Waals surface area contributed by atoms with Crippen molar-refractivity contribution in [3.63, 3.8) is 0 Å². The van der Waals surface area contributed by atoms with Gasteiger partial charge >= 0.3 is 0 Å². The van der Waals surface area contributed by atoms with Crippen molar-refractivity contribution in [2.24, 2.45) is 5.73 Å². The number of sulfonamides is 1. The van der Waals surface area contributed by atoms with Gasteiger partial charge in [0.05, 0.1) is 4.90 Å². The van der Waals surface area contributed by atoms with Crippen LogP contribution in [0.4, 0.5) is 0 Å². The standard InChI is InChI=1S/C11H20N2O2S2/c1-4-6-13(9(2)3)17(14,15)11-5-7-16-10(11)8-12/h5,7,9H,4,6,8,12H2,1-3H3. The van der Waals surface area contributed by atoms with Gasteiger partial charge in [-0.05, 0) is 31.7 Å². The maximum atomic E-state index is 12.5. The molecule has 0 unspecified atom stereocenters. The summed E-state index contributed by atoms with van der Waals surface area (Å²) < 4.78 is 26.5. The third-order valence-electron chi connectivity index (χ3n) is 2.50. The molecule has 98 valence electrons. The second kappa shape index (κ2) is 5.95. The van der Waals surface area contributed by atoms with Gasteiger partial charge in [-0.15, -0.1) is 11.3 Å². The van der Waals surface area contributed by atoms with Crippen LogP contribution in [0.2, 0.25) is 0 Å². The molecule has 0 atom stereocenters. The summed E-state index contributed by atoms with van der Waals surface area (Å²) in [5.41, 5.74) is 5.57. The zero-order chi connectivity index (χ0) is 13.1. The summed E-state index contributed by atoms with van der Waals surface area (Å²) in [7, 11) is -3.40. The molecule has 0 aromatic carbocycles. The van der Waals surface area contributed by atoms with Gasteiger partial charge in [0, 0.05) is 24.0 Å². The highest BCUT2D eigenvalue weighted by atomic mass is 32.2. The molecule has 0 bridgehead atoms. The van der Waals surface area contributed by atoms with Crippen molar-refractivity contribution in [2.75, 3.05) is 6.54 Å². The molecule has 0 saturated heterocycles. The number of thiophene rings is 1. The summed E-state index contributed by atoms with van der Waals surface area (Å²) in [6.07, 6.45) is 0.805. The molecule has 2 N–H and O–H groups in total. The van der Waals surface area contributed by atoms with Crippen molar-refractivity contribution in [1.82, 2.24) is 4.31 Å². The highest BCUT2D eigenvalue weighted by Gasteiger charge is 2.28. The molecule has 17 heavy (non-hydrogen) atoms. The van der Waals surface area contributed by atoms with Crippen LogP contribution >= 0.6 is 11.3 Å². The number of nitrogens with zero attached hydrogens (tertiary/aromatic N) is 1. The third kappa shape index (κ3) is 3.07. The second-order valence-electron chi connectivity index (χ2n) is 4.12. The summed E-state index contributed by atoms with van der Waals surface area (Å²) in [4.78, 5) is 1.10. The SMILES string of the molecule is CCCN(C(C)C)S(=O)(=O)c1ccsc1CN. The largest absolute Gasteiger partial charge is 0.326 e. The van der Waals surface area contributed by atoms with Crippen LogP contribution in [0, 0.1) is 0 Å². The van der Waals surface area contributed by atoms with E-state index >= 15 is 0 Å². The van der Waals surface area contributed by atoms with E-state index < -0.39 is 10.0 Å². The Labute approximate surface area is 107 Å². The Balaban J connectivity index is 3.16. The average molecular weight is 276 g/mol. The molecule has 0 amide bonds. The van der Waals surface area contributed by atoms with E-state index in [9.17, 15) is 8.42 Å². The normalized spacial score (nSPS) is 12.6. The molecular formula is C11H20N2O2S2. The Bertz CT molecular complexity index is 452. The predicted octanol–water partition coefficient (Wildman–Crippen LogP) is 2.02. The van der Waals surface area contributed by atoms with Crippen molar-refractivity contribution >= 4 is 21.4 Å². The van der Waals surface area contributed by atoms with Crippen molar-refractivity contribution in [3.8, 4) is 0 Å². The van der Waals surface area contributed by atoms with Crippen LogP contribution in [0.1, 0.15) is 32.1 Å². The fourth-order valence-electron chi connectivity index (χ4n) is 1.71. The van der Waals surface area contributed by atoms with E-state index in [2.05, 4.69) is 0 Å². The van der Waals surface area contributed by atoms with Crippen LogP contribution in [0.15, 0.2) is 16.3 Å². The van der Waals surface area contributed by atoms with Crippen LogP contribution in [0.25, 0.3) is 0 Å². The first-order chi connectivity index (χ1) is 7.95. The Morgan fingerprint density at radius 2 is 2.12 bits per heavy atom. The first-order valence-electron chi connectivity index (χ1n) is 5.73. The molecule has 0 aliphatic carbocycles. The molecular weight excluding hydrogens is 256 g/mol. The average Bonchev–Trinajstić information content (AvgIpc) is 2.73. The molecule has 0 radical (unpaired) electrons. The summed E-state index contributed by atoms with van der Waals surface area (Å²) in [5.74, 6) is 0. The van der Waals surface area contributed by atoms with Gasteiger partial charge in [0.2, 0.25) is 10.0 Å². The van der Waals surface area contributed by atoms with Gasteiger partial charge in [-0.3, -0.25) is 0 Å². The van der Waals surface area contributed by atoms with Crippen LogP contribution < -0.4 is 5.73 Å². The Hall–Kier alpha value is -0.430. The zero-order valence-electron chi connectivity index (χ0n) is 10.5. The maximum absolute atomic E-state index is 12.5. The van der Waals surface area contributed by atoms with Crippen LogP contribution in [-0.2, 0) is 16.6 Å². The molecule has 0 spiro atoms. The Morgan fingerprint density at radius 3 is 2.59 bits per heavy atom. The molecule has 0 saturated carbocycles. The van der Waals surface area contributed by atoms with Gasteiger partial charge < -0.3 is 5.73 Å². The molecule has 1 aromatic heterocycles. The molecule has 4 nitrogen and oxygen atoms in total. The van der Waals surface area contributed by atoms with Crippen molar-refractivity contribution in [1.29, 1.82) is 0 Å². The van der Waals surface area contributed by atoms with Gasteiger partial charge in [0.1, 0.15) is 0 Å². The Kier molecular flexibility index (Phi) is 5.12. The first kappa shape index (κ1) is 14.6. The van der Waals surface area contributed by atoms with Crippen LogP contribution in [-0.4, -0.2) is 25.3 Å². The Morgan fingerprint density at radius 1 is 1.47 bits per heavy atom. The predicted molar refractivity (Wildman–Crippen MR) is 71.5 cm³/mol. The number of hydrogen-bond acceptors (Lipinski definition) is 4. The zero-order valence-corrected chi connectivity index (χ0v) is 12.1. The molecule has 1 rings (SSSR count). The van der Waals surface area contributed by atoms with E-state index in [0.29, 0.717) is 11.4 Å². The highest BCUT2D eigenvalue weighted by Crippen LogP contribution is 2.26. The summed E-state index contributed by atoms with van der Waals surface area (Å²) in [5, 5.41) is 1.78. The number of nitrogens with two attached hydrogens (primary N) is 1. The second-order valence-corrected chi connectivity index (χ2v) is 6.98. The van der Waals surface area contributed by atoms with Gasteiger partial charge in [-0.2, -0.15) is 4.31 Å². The lowest BCUT2D eigenvalue weighted by Gasteiger charge is -2.25. The van der Waals surface area contributed by atoms with E-state index in [1.165, 1.54) is 15.6 Å². The van der Waals surface area contributed by atoms with Crippen molar-refractivity contribution in [3.05, 3.63) is 16.3 Å². The summed E-state index contributed by atoms with van der Waals surface area (Å²) >= 11 is 1.39. The smallest absolute Gasteiger partial charge is 0.244 e. The topological polar surface area (TPSA) is 63.4 Å².